The molecule has 0 spiro atoms. The molecule has 0 aliphatic carbocycles. The lowest BCUT2D eigenvalue weighted by molar-refractivity contribution is -0.849. The van der Waals surface area contributed by atoms with Gasteiger partial charge in [-0.3, -0.25) is 9.59 Å². The van der Waals surface area contributed by atoms with Crippen LogP contribution in [-0.2, 0) is 9.59 Å². The highest BCUT2D eigenvalue weighted by molar-refractivity contribution is 6.25. The van der Waals surface area contributed by atoms with Crippen LogP contribution in [0.25, 0.3) is 0 Å². The van der Waals surface area contributed by atoms with Crippen molar-refractivity contribution in [2.75, 3.05) is 20.6 Å². The average molecular weight is 152 g/mol. The van der Waals surface area contributed by atoms with Gasteiger partial charge in [0, 0.05) is 0 Å². The standard InChI is InChI=1S/C5H9NO2.ClH/c1-6(2)3-5(8)4-7;/h4H,3H2,1-2H3;1H. The van der Waals surface area contributed by atoms with E-state index < -0.39 is 0 Å². The summed E-state index contributed by atoms with van der Waals surface area (Å²) in [7, 11) is 3.64. The highest BCUT2D eigenvalue weighted by atomic mass is 35.5. The minimum Gasteiger partial charge on any atom is -1.00 e. The van der Waals surface area contributed by atoms with Crippen LogP contribution < -0.4 is 17.3 Å². The fourth-order valence-electron chi connectivity index (χ4n) is 0.390. The second-order valence-electron chi connectivity index (χ2n) is 1.97. The number of ketones is 1. The number of halogens is 1. The lowest BCUT2D eigenvalue weighted by atomic mass is 10.4. The van der Waals surface area contributed by atoms with Gasteiger partial charge in [0.15, 0.2) is 6.29 Å². The van der Waals surface area contributed by atoms with E-state index in [0.29, 0.717) is 12.8 Å². The molecule has 0 fully saturated rings. The molecule has 0 aromatic heterocycles. The lowest BCUT2D eigenvalue weighted by Crippen LogP contribution is -3.06. The van der Waals surface area contributed by atoms with Crippen molar-refractivity contribution in [1.29, 1.82) is 0 Å². The van der Waals surface area contributed by atoms with Gasteiger partial charge in [-0.25, -0.2) is 0 Å². The Morgan fingerprint density at radius 2 is 2.00 bits per heavy atom. The van der Waals surface area contributed by atoms with Gasteiger partial charge in [0.2, 0.25) is 5.78 Å². The van der Waals surface area contributed by atoms with Gasteiger partial charge in [-0.15, -0.1) is 0 Å². The van der Waals surface area contributed by atoms with Gasteiger partial charge in [-0.1, -0.05) is 0 Å². The molecule has 0 aliphatic heterocycles. The number of quaternary nitrogens is 1. The third kappa shape index (κ3) is 7.59. The highest BCUT2D eigenvalue weighted by Gasteiger charge is 2.01. The lowest BCUT2D eigenvalue weighted by Gasteiger charge is -2.00. The van der Waals surface area contributed by atoms with Gasteiger partial charge >= 0.3 is 0 Å². The first-order valence-electron chi connectivity index (χ1n) is 2.44. The van der Waals surface area contributed by atoms with Crippen molar-refractivity contribution in [3.05, 3.63) is 0 Å². The van der Waals surface area contributed by atoms with Gasteiger partial charge in [-0.2, -0.15) is 0 Å². The van der Waals surface area contributed by atoms with Crippen LogP contribution in [0.4, 0.5) is 0 Å². The summed E-state index contributed by atoms with van der Waals surface area (Å²) in [5.41, 5.74) is 0. The summed E-state index contributed by atoms with van der Waals surface area (Å²) in [6, 6.07) is 0. The molecule has 0 rings (SSSR count). The third-order valence-corrected chi connectivity index (χ3v) is 0.659. The van der Waals surface area contributed by atoms with Crippen LogP contribution in [-0.4, -0.2) is 32.7 Å². The Morgan fingerprint density at radius 3 is 2.11 bits per heavy atom. The summed E-state index contributed by atoms with van der Waals surface area (Å²) >= 11 is 0. The summed E-state index contributed by atoms with van der Waals surface area (Å²) in [4.78, 5) is 20.9. The summed E-state index contributed by atoms with van der Waals surface area (Å²) < 4.78 is 0. The van der Waals surface area contributed by atoms with Crippen molar-refractivity contribution >= 4 is 12.1 Å². The normalized spacial score (nSPS) is 8.33. The average Bonchev–Trinajstić information content (AvgIpc) is 1.65. The van der Waals surface area contributed by atoms with Crippen molar-refractivity contribution < 1.29 is 26.9 Å². The number of hydrogen-bond donors (Lipinski definition) is 1. The van der Waals surface area contributed by atoms with Gasteiger partial charge in [-0.05, 0) is 0 Å². The van der Waals surface area contributed by atoms with E-state index in [1.54, 1.807) is 0 Å². The molecule has 0 aromatic carbocycles. The number of rotatable bonds is 3. The molecule has 0 saturated carbocycles. The van der Waals surface area contributed by atoms with E-state index in [1.165, 1.54) is 0 Å². The molecular weight excluding hydrogens is 142 g/mol. The Labute approximate surface area is 60.4 Å². The van der Waals surface area contributed by atoms with Crippen LogP contribution in [0.3, 0.4) is 0 Å². The summed E-state index contributed by atoms with van der Waals surface area (Å²) in [6.07, 6.45) is 0.354. The molecule has 0 bridgehead atoms. The number of carbonyl (C=O) groups excluding carboxylic acids is 2. The van der Waals surface area contributed by atoms with Crippen LogP contribution in [0.5, 0.6) is 0 Å². The second kappa shape index (κ2) is 5.72. The highest BCUT2D eigenvalue weighted by Crippen LogP contribution is 1.50. The van der Waals surface area contributed by atoms with Crippen molar-refractivity contribution in [3.63, 3.8) is 0 Å². The van der Waals surface area contributed by atoms with Crippen molar-refractivity contribution in [2.45, 2.75) is 0 Å². The molecule has 0 radical (unpaired) electrons. The Hall–Kier alpha value is -0.410. The fraction of sp³-hybridized carbons (Fsp3) is 0.600. The molecule has 1 N–H and O–H groups in total. The number of aldehydes is 1. The van der Waals surface area contributed by atoms with Crippen LogP contribution in [0.2, 0.25) is 0 Å². The molecule has 0 unspecified atom stereocenters. The smallest absolute Gasteiger partial charge is 0.249 e. The molecule has 0 saturated heterocycles. The monoisotopic (exact) mass is 151 g/mol. The van der Waals surface area contributed by atoms with E-state index in [1.807, 2.05) is 14.1 Å². The Kier molecular flexibility index (Phi) is 7.24. The Morgan fingerprint density at radius 1 is 1.56 bits per heavy atom. The zero-order chi connectivity index (χ0) is 6.57. The number of likely N-dealkylation sites (N-methyl/N-ethyl adjacent to an activating group) is 1. The summed E-state index contributed by atoms with van der Waals surface area (Å²) in [6.45, 7) is 0.295. The van der Waals surface area contributed by atoms with E-state index in [-0.39, 0.29) is 18.2 Å². The number of carbonyl (C=O) groups is 2. The molecular formula is C5H10ClNO2. The molecule has 0 aromatic rings. The van der Waals surface area contributed by atoms with Crippen molar-refractivity contribution in [3.8, 4) is 0 Å². The van der Waals surface area contributed by atoms with Crippen LogP contribution in [0.15, 0.2) is 0 Å². The number of hydrogen-bond acceptors (Lipinski definition) is 2. The van der Waals surface area contributed by atoms with Crippen LogP contribution in [0, 0.1) is 0 Å². The van der Waals surface area contributed by atoms with Crippen molar-refractivity contribution in [1.82, 2.24) is 0 Å². The van der Waals surface area contributed by atoms with Gasteiger partial charge < -0.3 is 17.3 Å². The third-order valence-electron chi connectivity index (χ3n) is 0.659. The number of nitrogens with one attached hydrogen (secondary N) is 1. The first-order valence-corrected chi connectivity index (χ1v) is 2.44. The summed E-state index contributed by atoms with van der Waals surface area (Å²) in [5, 5.41) is 0. The zero-order valence-corrected chi connectivity index (χ0v) is 6.23. The number of Topliss-reactive ketones (excluding diaryl/α,β-unsaturated/α-hetero) is 1. The Balaban J connectivity index is 0. The van der Waals surface area contributed by atoms with Gasteiger partial charge in [0.1, 0.15) is 6.54 Å². The van der Waals surface area contributed by atoms with Crippen LogP contribution >= 0.6 is 0 Å². The fourth-order valence-corrected chi connectivity index (χ4v) is 0.390. The van der Waals surface area contributed by atoms with E-state index in [0.717, 1.165) is 4.90 Å². The van der Waals surface area contributed by atoms with E-state index >= 15 is 0 Å². The largest absolute Gasteiger partial charge is 1.00 e. The van der Waals surface area contributed by atoms with Crippen molar-refractivity contribution in [2.24, 2.45) is 0 Å². The molecule has 0 heterocycles. The molecule has 0 atom stereocenters. The first kappa shape index (κ1) is 11.4. The Bertz CT molecular complexity index is 103. The zero-order valence-electron chi connectivity index (χ0n) is 5.48. The summed E-state index contributed by atoms with van der Waals surface area (Å²) in [5.74, 6) is -0.343. The van der Waals surface area contributed by atoms with E-state index in [2.05, 4.69) is 0 Å². The van der Waals surface area contributed by atoms with E-state index in [9.17, 15) is 9.59 Å². The predicted octanol–water partition coefficient (Wildman–Crippen LogP) is -5.10. The second-order valence-corrected chi connectivity index (χ2v) is 1.97. The van der Waals surface area contributed by atoms with E-state index in [4.69, 9.17) is 0 Å². The minimum absolute atomic E-state index is 0. The SMILES string of the molecule is C[NH+](C)CC(=O)C=O.[Cl-]. The van der Waals surface area contributed by atoms with Gasteiger partial charge in [0.05, 0.1) is 14.1 Å². The molecule has 0 amide bonds. The predicted molar refractivity (Wildman–Crippen MR) is 28.7 cm³/mol. The molecule has 4 heteroatoms. The topological polar surface area (TPSA) is 38.6 Å². The maximum atomic E-state index is 10.2. The first-order chi connectivity index (χ1) is 3.66. The molecule has 3 nitrogen and oxygen atoms in total. The quantitative estimate of drug-likeness (QED) is 0.324. The van der Waals surface area contributed by atoms with Gasteiger partial charge in [0.25, 0.3) is 0 Å². The van der Waals surface area contributed by atoms with Crippen LogP contribution in [0.1, 0.15) is 0 Å². The maximum absolute atomic E-state index is 10.2. The maximum Gasteiger partial charge on any atom is 0.249 e. The minimum atomic E-state index is -0.343. The molecule has 54 valence electrons. The molecule has 9 heavy (non-hydrogen) atoms. The molecule has 0 aliphatic rings.